The molecule has 0 saturated carbocycles. The average molecular weight is 281 g/mol. The Morgan fingerprint density at radius 2 is 2.26 bits per heavy atom. The maximum absolute atomic E-state index is 12.4. The highest BCUT2D eigenvalue weighted by Gasteiger charge is 2.29. The van der Waals surface area contributed by atoms with Crippen molar-refractivity contribution in [3.63, 3.8) is 0 Å². The van der Waals surface area contributed by atoms with Crippen LogP contribution in [0.25, 0.3) is 0 Å². The SMILES string of the molecule is CCc1sc(C(=O)N2CCC[C@@H](C(=O)O)C2)cc1C. The highest BCUT2D eigenvalue weighted by atomic mass is 32.1. The number of likely N-dealkylation sites (tertiary alicyclic amines) is 1. The van der Waals surface area contributed by atoms with E-state index >= 15 is 0 Å². The van der Waals surface area contributed by atoms with Gasteiger partial charge in [0.25, 0.3) is 5.91 Å². The number of nitrogens with zero attached hydrogens (tertiary/aromatic N) is 1. The summed E-state index contributed by atoms with van der Waals surface area (Å²) >= 11 is 1.53. The number of hydrogen-bond acceptors (Lipinski definition) is 3. The van der Waals surface area contributed by atoms with Gasteiger partial charge in [-0.3, -0.25) is 9.59 Å². The van der Waals surface area contributed by atoms with E-state index in [2.05, 4.69) is 6.92 Å². The fraction of sp³-hybridized carbons (Fsp3) is 0.571. The molecule has 1 aliphatic heterocycles. The fourth-order valence-electron chi connectivity index (χ4n) is 2.50. The lowest BCUT2D eigenvalue weighted by Crippen LogP contribution is -2.42. The van der Waals surface area contributed by atoms with Gasteiger partial charge in [-0.25, -0.2) is 0 Å². The molecule has 0 aliphatic carbocycles. The van der Waals surface area contributed by atoms with Crippen LogP contribution in [-0.2, 0) is 11.2 Å². The Morgan fingerprint density at radius 3 is 2.84 bits per heavy atom. The first-order valence-electron chi connectivity index (χ1n) is 6.64. The van der Waals surface area contributed by atoms with Gasteiger partial charge in [0, 0.05) is 18.0 Å². The summed E-state index contributed by atoms with van der Waals surface area (Å²) in [6.45, 7) is 5.10. The Labute approximate surface area is 117 Å². The zero-order valence-electron chi connectivity index (χ0n) is 11.3. The minimum atomic E-state index is -0.797. The number of rotatable bonds is 3. The number of carbonyl (C=O) groups excluding carboxylic acids is 1. The van der Waals surface area contributed by atoms with Crippen molar-refractivity contribution in [3.05, 3.63) is 21.4 Å². The molecule has 104 valence electrons. The fourth-order valence-corrected chi connectivity index (χ4v) is 3.58. The Bertz CT molecular complexity index is 495. The van der Waals surface area contributed by atoms with Gasteiger partial charge in [0.05, 0.1) is 10.8 Å². The van der Waals surface area contributed by atoms with E-state index in [-0.39, 0.29) is 5.91 Å². The number of carbonyl (C=O) groups is 2. The quantitative estimate of drug-likeness (QED) is 0.926. The molecular formula is C14H19NO3S. The Balaban J connectivity index is 2.12. The maximum atomic E-state index is 12.4. The van der Waals surface area contributed by atoms with E-state index in [4.69, 9.17) is 5.11 Å². The van der Waals surface area contributed by atoms with E-state index in [1.807, 2.05) is 13.0 Å². The van der Waals surface area contributed by atoms with E-state index in [0.29, 0.717) is 19.5 Å². The number of hydrogen-bond donors (Lipinski definition) is 1. The van der Waals surface area contributed by atoms with Crippen LogP contribution in [0.5, 0.6) is 0 Å². The number of aryl methyl sites for hydroxylation is 2. The van der Waals surface area contributed by atoms with Gasteiger partial charge in [-0.05, 0) is 37.8 Å². The van der Waals surface area contributed by atoms with Gasteiger partial charge >= 0.3 is 5.97 Å². The predicted octanol–water partition coefficient (Wildman–Crippen LogP) is 2.56. The van der Waals surface area contributed by atoms with Crippen molar-refractivity contribution in [2.75, 3.05) is 13.1 Å². The van der Waals surface area contributed by atoms with Crippen molar-refractivity contribution in [2.45, 2.75) is 33.1 Å². The maximum Gasteiger partial charge on any atom is 0.308 e. The highest BCUT2D eigenvalue weighted by molar-refractivity contribution is 7.14. The lowest BCUT2D eigenvalue weighted by atomic mass is 9.98. The number of carboxylic acids is 1. The summed E-state index contributed by atoms with van der Waals surface area (Å²) in [5, 5.41) is 9.06. The predicted molar refractivity (Wildman–Crippen MR) is 74.7 cm³/mol. The molecule has 1 aromatic rings. The van der Waals surface area contributed by atoms with Crippen LogP contribution >= 0.6 is 11.3 Å². The van der Waals surface area contributed by atoms with Gasteiger partial charge in [-0.1, -0.05) is 6.92 Å². The van der Waals surface area contributed by atoms with E-state index < -0.39 is 11.9 Å². The van der Waals surface area contributed by atoms with Crippen molar-refractivity contribution >= 4 is 23.2 Å². The second-order valence-electron chi connectivity index (χ2n) is 5.00. The van der Waals surface area contributed by atoms with Crippen LogP contribution in [0.15, 0.2) is 6.07 Å². The minimum Gasteiger partial charge on any atom is -0.481 e. The third kappa shape index (κ3) is 2.97. The first-order valence-corrected chi connectivity index (χ1v) is 7.46. The van der Waals surface area contributed by atoms with Gasteiger partial charge in [0.1, 0.15) is 0 Å². The monoisotopic (exact) mass is 281 g/mol. The molecule has 1 aliphatic rings. The Morgan fingerprint density at radius 1 is 1.53 bits per heavy atom. The summed E-state index contributed by atoms with van der Waals surface area (Å²) in [4.78, 5) is 27.1. The lowest BCUT2D eigenvalue weighted by molar-refractivity contribution is -0.143. The van der Waals surface area contributed by atoms with Crippen LogP contribution in [-0.4, -0.2) is 35.0 Å². The van der Waals surface area contributed by atoms with Crippen molar-refractivity contribution < 1.29 is 14.7 Å². The lowest BCUT2D eigenvalue weighted by Gasteiger charge is -2.30. The second-order valence-corrected chi connectivity index (χ2v) is 6.14. The van der Waals surface area contributed by atoms with Crippen LogP contribution in [0, 0.1) is 12.8 Å². The van der Waals surface area contributed by atoms with E-state index in [9.17, 15) is 9.59 Å². The Hall–Kier alpha value is -1.36. The first-order chi connectivity index (χ1) is 9.02. The minimum absolute atomic E-state index is 0.0150. The third-order valence-electron chi connectivity index (χ3n) is 3.61. The molecule has 4 nitrogen and oxygen atoms in total. The summed E-state index contributed by atoms with van der Waals surface area (Å²) in [5.74, 6) is -1.22. The Kier molecular flexibility index (Phi) is 4.24. The van der Waals surface area contributed by atoms with Gasteiger partial charge < -0.3 is 10.0 Å². The molecule has 1 atom stereocenters. The molecule has 2 heterocycles. The normalized spacial score (nSPS) is 19.5. The van der Waals surface area contributed by atoms with E-state index in [0.717, 1.165) is 23.3 Å². The zero-order chi connectivity index (χ0) is 14.0. The van der Waals surface area contributed by atoms with E-state index in [1.54, 1.807) is 4.90 Å². The summed E-state index contributed by atoms with van der Waals surface area (Å²) in [5.41, 5.74) is 1.16. The summed E-state index contributed by atoms with van der Waals surface area (Å²) in [7, 11) is 0. The summed E-state index contributed by atoms with van der Waals surface area (Å²) in [6, 6.07) is 1.93. The number of aliphatic carboxylic acids is 1. The second kappa shape index (κ2) is 5.74. The summed E-state index contributed by atoms with van der Waals surface area (Å²) in [6.07, 6.45) is 2.37. The largest absolute Gasteiger partial charge is 0.481 e. The molecule has 19 heavy (non-hydrogen) atoms. The van der Waals surface area contributed by atoms with Crippen LogP contribution in [0.4, 0.5) is 0 Å². The molecule has 1 N–H and O–H groups in total. The molecule has 0 bridgehead atoms. The zero-order valence-corrected chi connectivity index (χ0v) is 12.1. The van der Waals surface area contributed by atoms with Crippen molar-refractivity contribution in [3.8, 4) is 0 Å². The van der Waals surface area contributed by atoms with Gasteiger partial charge in [0.15, 0.2) is 0 Å². The third-order valence-corrected chi connectivity index (χ3v) is 4.98. The number of carboxylic acid groups (broad SMARTS) is 1. The molecule has 0 unspecified atom stereocenters. The molecule has 1 aromatic heterocycles. The average Bonchev–Trinajstić information content (AvgIpc) is 2.79. The molecule has 2 rings (SSSR count). The molecule has 5 heteroatoms. The van der Waals surface area contributed by atoms with Crippen molar-refractivity contribution in [1.82, 2.24) is 4.90 Å². The number of amides is 1. The topological polar surface area (TPSA) is 57.6 Å². The van der Waals surface area contributed by atoms with Crippen LogP contribution in [0.2, 0.25) is 0 Å². The van der Waals surface area contributed by atoms with E-state index in [1.165, 1.54) is 16.2 Å². The van der Waals surface area contributed by atoms with Gasteiger partial charge in [-0.15, -0.1) is 11.3 Å². The number of thiophene rings is 1. The smallest absolute Gasteiger partial charge is 0.308 e. The van der Waals surface area contributed by atoms with Crippen LogP contribution in [0.1, 0.15) is 39.9 Å². The molecule has 1 fully saturated rings. The van der Waals surface area contributed by atoms with Crippen molar-refractivity contribution in [2.24, 2.45) is 5.92 Å². The standard InChI is InChI=1S/C14H19NO3S/c1-3-11-9(2)7-12(19-11)13(16)15-6-4-5-10(8-15)14(17)18/h7,10H,3-6,8H2,1-2H3,(H,17,18)/t10-/m1/s1. The first kappa shape index (κ1) is 14.1. The molecule has 0 spiro atoms. The van der Waals surface area contributed by atoms with Gasteiger partial charge in [-0.2, -0.15) is 0 Å². The van der Waals surface area contributed by atoms with Gasteiger partial charge in [0.2, 0.25) is 0 Å². The van der Waals surface area contributed by atoms with Crippen LogP contribution in [0.3, 0.4) is 0 Å². The molecule has 1 amide bonds. The van der Waals surface area contributed by atoms with Crippen molar-refractivity contribution in [1.29, 1.82) is 0 Å². The number of piperidine rings is 1. The molecule has 1 saturated heterocycles. The summed E-state index contributed by atoms with van der Waals surface area (Å²) < 4.78 is 0. The highest BCUT2D eigenvalue weighted by Crippen LogP contribution is 2.26. The molecule has 0 radical (unpaired) electrons. The molecule has 0 aromatic carbocycles. The molecular weight excluding hydrogens is 262 g/mol. The van der Waals surface area contributed by atoms with Crippen LogP contribution < -0.4 is 0 Å².